The van der Waals surface area contributed by atoms with Gasteiger partial charge in [-0.1, -0.05) is 42.5 Å². The molecule has 2 atom stereocenters. The van der Waals surface area contributed by atoms with Gasteiger partial charge in [0.05, 0.1) is 5.69 Å². The van der Waals surface area contributed by atoms with Crippen molar-refractivity contribution in [3.8, 4) is 5.69 Å². The number of para-hydroxylation sites is 1. The lowest BCUT2D eigenvalue weighted by molar-refractivity contribution is 0.634. The summed E-state index contributed by atoms with van der Waals surface area (Å²) in [6.07, 6.45) is 12.7. The Hall–Kier alpha value is -2.09. The van der Waals surface area contributed by atoms with Crippen molar-refractivity contribution in [3.63, 3.8) is 0 Å². The molecule has 1 aromatic carbocycles. The summed E-state index contributed by atoms with van der Waals surface area (Å²) in [6, 6.07) is 8.59. The van der Waals surface area contributed by atoms with Gasteiger partial charge >= 0.3 is 0 Å². The predicted octanol–water partition coefficient (Wildman–Crippen LogP) is 3.18. The highest BCUT2D eigenvalue weighted by Gasteiger charge is 2.32. The van der Waals surface area contributed by atoms with Gasteiger partial charge in [0.1, 0.15) is 5.82 Å². The average molecular weight is 220 g/mol. The Morgan fingerprint density at radius 2 is 1.82 bits per heavy atom. The Balaban J connectivity index is 2.05. The van der Waals surface area contributed by atoms with Crippen molar-refractivity contribution in [3.05, 3.63) is 72.4 Å². The van der Waals surface area contributed by atoms with Crippen LogP contribution in [0.1, 0.15) is 23.2 Å². The molecule has 0 amide bonds. The molecule has 1 aliphatic heterocycles. The fourth-order valence-electron chi connectivity index (χ4n) is 2.91. The first-order valence-electron chi connectivity index (χ1n) is 5.93. The number of allylic oxidation sites excluding steroid dienone is 4. The van der Waals surface area contributed by atoms with Crippen molar-refractivity contribution in [2.24, 2.45) is 0 Å². The van der Waals surface area contributed by atoms with Crippen molar-refractivity contribution in [1.29, 1.82) is 0 Å². The molecule has 0 saturated carbocycles. The van der Waals surface area contributed by atoms with Crippen molar-refractivity contribution in [2.75, 3.05) is 0 Å². The molecule has 2 heterocycles. The first kappa shape index (κ1) is 8.99. The minimum Gasteiger partial charge on any atom is -0.303 e. The van der Waals surface area contributed by atoms with Gasteiger partial charge in [0, 0.05) is 24.2 Å². The summed E-state index contributed by atoms with van der Waals surface area (Å²) in [5, 5.41) is 0. The summed E-state index contributed by atoms with van der Waals surface area (Å²) in [7, 11) is 0. The Bertz CT molecular complexity index is 634. The zero-order valence-electron chi connectivity index (χ0n) is 9.32. The molecule has 2 aliphatic rings. The molecule has 0 fully saturated rings. The maximum Gasteiger partial charge on any atom is 0.121 e. The van der Waals surface area contributed by atoms with Gasteiger partial charge in [-0.25, -0.2) is 4.98 Å². The quantitative estimate of drug-likeness (QED) is 0.666. The molecule has 4 rings (SSSR count). The summed E-state index contributed by atoms with van der Waals surface area (Å²) >= 11 is 0. The van der Waals surface area contributed by atoms with Gasteiger partial charge in [0.2, 0.25) is 0 Å². The van der Waals surface area contributed by atoms with Crippen LogP contribution in [0.2, 0.25) is 0 Å². The highest BCUT2D eigenvalue weighted by molar-refractivity contribution is 5.52. The number of rotatable bonds is 0. The highest BCUT2D eigenvalue weighted by atomic mass is 15.1. The topological polar surface area (TPSA) is 17.8 Å². The van der Waals surface area contributed by atoms with E-state index in [2.05, 4.69) is 64.3 Å². The minimum absolute atomic E-state index is 0.380. The molecule has 17 heavy (non-hydrogen) atoms. The van der Waals surface area contributed by atoms with Gasteiger partial charge in [-0.15, -0.1) is 0 Å². The third-order valence-corrected chi connectivity index (χ3v) is 3.66. The second-order valence-corrected chi connectivity index (χ2v) is 4.54. The molecule has 0 saturated heterocycles. The molecule has 0 radical (unpaired) electrons. The van der Waals surface area contributed by atoms with Gasteiger partial charge in [-0.3, -0.25) is 0 Å². The van der Waals surface area contributed by atoms with Crippen LogP contribution in [0, 0.1) is 0 Å². The molecule has 0 spiro atoms. The largest absolute Gasteiger partial charge is 0.303 e. The Labute approximate surface area is 99.9 Å². The van der Waals surface area contributed by atoms with E-state index in [9.17, 15) is 0 Å². The van der Waals surface area contributed by atoms with Gasteiger partial charge < -0.3 is 4.57 Å². The van der Waals surface area contributed by atoms with Crippen LogP contribution in [0.15, 0.2) is 61.0 Å². The number of imidazole rings is 1. The number of nitrogens with zero attached hydrogens (tertiary/aromatic N) is 2. The van der Waals surface area contributed by atoms with Crippen LogP contribution >= 0.6 is 0 Å². The van der Waals surface area contributed by atoms with E-state index >= 15 is 0 Å². The van der Waals surface area contributed by atoms with Crippen molar-refractivity contribution >= 4 is 0 Å². The minimum atomic E-state index is 0.380. The number of benzene rings is 1. The summed E-state index contributed by atoms with van der Waals surface area (Å²) in [5.41, 5.74) is 2.66. The smallest absolute Gasteiger partial charge is 0.121 e. The first-order valence-corrected chi connectivity index (χ1v) is 5.93. The van der Waals surface area contributed by atoms with E-state index in [-0.39, 0.29) is 0 Å². The van der Waals surface area contributed by atoms with Crippen LogP contribution in [0.4, 0.5) is 0 Å². The second kappa shape index (κ2) is 3.20. The fourth-order valence-corrected chi connectivity index (χ4v) is 2.91. The summed E-state index contributed by atoms with van der Waals surface area (Å²) in [5.74, 6) is 1.96. The van der Waals surface area contributed by atoms with Crippen LogP contribution in [0.25, 0.3) is 5.69 Å². The van der Waals surface area contributed by atoms with Gasteiger partial charge in [-0.2, -0.15) is 0 Å². The number of hydrogen-bond donors (Lipinski definition) is 0. The van der Waals surface area contributed by atoms with Gasteiger partial charge in [-0.05, 0) is 11.6 Å². The SMILES string of the molecule is C1=CC2c3ccccc3-n3ccnc3C2C=C1. The maximum absolute atomic E-state index is 4.52. The van der Waals surface area contributed by atoms with E-state index in [0.29, 0.717) is 11.8 Å². The van der Waals surface area contributed by atoms with Gasteiger partial charge in [0.15, 0.2) is 0 Å². The fraction of sp³-hybridized carbons (Fsp3) is 0.133. The van der Waals surface area contributed by atoms with Crippen LogP contribution in [0.3, 0.4) is 0 Å². The Morgan fingerprint density at radius 1 is 1.00 bits per heavy atom. The average Bonchev–Trinajstić information content (AvgIpc) is 2.89. The molecule has 82 valence electrons. The van der Waals surface area contributed by atoms with Crippen LogP contribution < -0.4 is 0 Å². The summed E-state index contributed by atoms with van der Waals surface area (Å²) in [4.78, 5) is 4.52. The molecule has 0 bridgehead atoms. The first-order chi connectivity index (χ1) is 8.45. The summed E-state index contributed by atoms with van der Waals surface area (Å²) in [6.45, 7) is 0. The third-order valence-electron chi connectivity index (χ3n) is 3.66. The van der Waals surface area contributed by atoms with Crippen LogP contribution in [-0.4, -0.2) is 9.55 Å². The monoisotopic (exact) mass is 220 g/mol. The lowest BCUT2D eigenvalue weighted by atomic mass is 9.79. The van der Waals surface area contributed by atoms with Crippen molar-refractivity contribution < 1.29 is 0 Å². The van der Waals surface area contributed by atoms with E-state index in [1.54, 1.807) is 0 Å². The molecule has 1 aliphatic carbocycles. The zero-order valence-corrected chi connectivity index (χ0v) is 9.32. The van der Waals surface area contributed by atoms with Crippen LogP contribution in [0.5, 0.6) is 0 Å². The zero-order chi connectivity index (χ0) is 11.2. The van der Waals surface area contributed by atoms with E-state index in [0.717, 1.165) is 5.82 Å². The maximum atomic E-state index is 4.52. The van der Waals surface area contributed by atoms with Crippen molar-refractivity contribution in [2.45, 2.75) is 11.8 Å². The number of hydrogen-bond acceptors (Lipinski definition) is 1. The van der Waals surface area contributed by atoms with E-state index in [1.807, 2.05) is 6.20 Å². The van der Waals surface area contributed by atoms with E-state index in [1.165, 1.54) is 11.3 Å². The van der Waals surface area contributed by atoms with Gasteiger partial charge in [0.25, 0.3) is 0 Å². The summed E-state index contributed by atoms with van der Waals surface area (Å²) < 4.78 is 2.21. The molecule has 1 aromatic heterocycles. The molecular weight excluding hydrogens is 208 g/mol. The molecule has 2 unspecified atom stereocenters. The molecular formula is C15H12N2. The molecule has 2 heteroatoms. The van der Waals surface area contributed by atoms with E-state index < -0.39 is 0 Å². The predicted molar refractivity (Wildman–Crippen MR) is 67.3 cm³/mol. The van der Waals surface area contributed by atoms with Crippen molar-refractivity contribution in [1.82, 2.24) is 9.55 Å². The number of aromatic nitrogens is 2. The molecule has 2 nitrogen and oxygen atoms in total. The Kier molecular flexibility index (Phi) is 1.69. The van der Waals surface area contributed by atoms with Crippen LogP contribution in [-0.2, 0) is 0 Å². The molecule has 2 aromatic rings. The Morgan fingerprint density at radius 3 is 2.76 bits per heavy atom. The highest BCUT2D eigenvalue weighted by Crippen LogP contribution is 2.43. The standard InChI is InChI=1S/C15H12N2/c1-2-7-13-11(5-1)12-6-3-4-8-14(12)17-10-9-16-15(13)17/h1-11,13H. The third kappa shape index (κ3) is 1.12. The lowest BCUT2D eigenvalue weighted by Gasteiger charge is -2.31. The molecule has 0 N–H and O–H groups in total. The second-order valence-electron chi connectivity index (χ2n) is 4.54. The lowest BCUT2D eigenvalue weighted by Crippen LogP contribution is -2.21. The van der Waals surface area contributed by atoms with E-state index in [4.69, 9.17) is 0 Å². The normalized spacial score (nSPS) is 24.0. The number of fused-ring (bicyclic) bond motifs is 6.